The molecule has 6 nitrogen and oxygen atoms in total. The van der Waals surface area contributed by atoms with Gasteiger partial charge in [0.05, 0.1) is 0 Å². The van der Waals surface area contributed by atoms with Gasteiger partial charge in [-0.3, -0.25) is 9.59 Å². The maximum Gasteiger partial charge on any atom is 0.238 e. The molecule has 7 heteroatoms. The van der Waals surface area contributed by atoms with E-state index in [0.29, 0.717) is 52.4 Å². The van der Waals surface area contributed by atoms with Gasteiger partial charge in [-0.25, -0.2) is 0 Å². The molecule has 0 radical (unpaired) electrons. The normalized spacial score (nSPS) is 28.2. The summed E-state index contributed by atoms with van der Waals surface area (Å²) in [6, 6.07) is 16.4. The van der Waals surface area contributed by atoms with Crippen LogP contribution in [-0.4, -0.2) is 11.6 Å². The first-order valence-corrected chi connectivity index (χ1v) is 10.4. The van der Waals surface area contributed by atoms with Gasteiger partial charge in [0.15, 0.2) is 17.0 Å². The molecule has 4 aliphatic rings. The van der Waals surface area contributed by atoms with Crippen LogP contribution in [-0.2, 0) is 15.3 Å². The van der Waals surface area contributed by atoms with Crippen LogP contribution in [0.25, 0.3) is 0 Å². The van der Waals surface area contributed by atoms with Crippen molar-refractivity contribution in [1.29, 1.82) is 5.26 Å². The summed E-state index contributed by atoms with van der Waals surface area (Å²) < 4.78 is 6.34. The number of allylic oxidation sites excluding steroid dienone is 1. The number of hydrogen-bond donors (Lipinski definition) is 1. The largest absolute Gasteiger partial charge is 0.446 e. The Hall–Kier alpha value is -3.56. The molecule has 2 aliphatic carbocycles. The van der Waals surface area contributed by atoms with Crippen molar-refractivity contribution >= 4 is 28.9 Å². The number of benzene rings is 2. The Balaban J connectivity index is 1.79. The quantitative estimate of drug-likeness (QED) is 0.737. The molecule has 152 valence electrons. The first-order valence-electron chi connectivity index (χ1n) is 10.0. The van der Waals surface area contributed by atoms with Crippen LogP contribution in [0.2, 0.25) is 5.02 Å². The number of carbonyl (C=O) groups excluding carboxylic acids is 2. The van der Waals surface area contributed by atoms with Gasteiger partial charge in [0.1, 0.15) is 11.6 Å². The summed E-state index contributed by atoms with van der Waals surface area (Å²) in [4.78, 5) is 29.3. The van der Waals surface area contributed by atoms with Crippen LogP contribution in [0.1, 0.15) is 35.2 Å². The van der Waals surface area contributed by atoms with Gasteiger partial charge in [-0.15, -0.1) is 0 Å². The molecule has 2 aromatic rings. The maximum atomic E-state index is 14.1. The second-order valence-electron chi connectivity index (χ2n) is 8.13. The van der Waals surface area contributed by atoms with Gasteiger partial charge in [0.25, 0.3) is 0 Å². The van der Waals surface area contributed by atoms with Gasteiger partial charge in [-0.05, 0) is 37.1 Å². The van der Waals surface area contributed by atoms with E-state index < -0.39 is 11.1 Å². The van der Waals surface area contributed by atoms with E-state index in [9.17, 15) is 14.9 Å². The minimum Gasteiger partial charge on any atom is -0.446 e. The monoisotopic (exact) mass is 429 g/mol. The smallest absolute Gasteiger partial charge is 0.238 e. The highest BCUT2D eigenvalue weighted by atomic mass is 35.5. The SMILES string of the molecule is N#CC1=C(N)O[C@@]23c4ccccc4C(=O)[C@@]12C1=C(CCCC1=O)N3c1ccc(Cl)cc1. The molecule has 6 rings (SSSR count). The Labute approximate surface area is 183 Å². The molecule has 0 bridgehead atoms. The van der Waals surface area contributed by atoms with Crippen molar-refractivity contribution < 1.29 is 14.3 Å². The van der Waals surface area contributed by atoms with Crippen LogP contribution in [0.4, 0.5) is 5.69 Å². The number of carbonyl (C=O) groups is 2. The van der Waals surface area contributed by atoms with Crippen molar-refractivity contribution in [2.45, 2.75) is 25.0 Å². The number of nitrogens with zero attached hydrogens (tertiary/aromatic N) is 2. The minimum atomic E-state index is -1.61. The van der Waals surface area contributed by atoms with Gasteiger partial charge in [0.2, 0.25) is 11.6 Å². The number of halogens is 1. The number of ketones is 2. The summed E-state index contributed by atoms with van der Waals surface area (Å²) >= 11 is 6.13. The molecule has 2 heterocycles. The molecule has 0 saturated carbocycles. The second-order valence-corrected chi connectivity index (χ2v) is 8.57. The molecule has 0 amide bonds. The summed E-state index contributed by atoms with van der Waals surface area (Å²) in [5, 5.41) is 10.7. The molecule has 0 saturated heterocycles. The van der Waals surface area contributed by atoms with Crippen LogP contribution < -0.4 is 10.6 Å². The highest BCUT2D eigenvalue weighted by molar-refractivity contribution is 6.30. The minimum absolute atomic E-state index is 0.00733. The van der Waals surface area contributed by atoms with Crippen molar-refractivity contribution in [2.24, 2.45) is 11.1 Å². The van der Waals surface area contributed by atoms with Gasteiger partial charge in [0, 0.05) is 39.5 Å². The number of hydrogen-bond acceptors (Lipinski definition) is 6. The third kappa shape index (κ3) is 1.81. The molecular weight excluding hydrogens is 414 g/mol. The van der Waals surface area contributed by atoms with Crippen molar-refractivity contribution in [2.75, 3.05) is 4.90 Å². The average Bonchev–Trinajstić information content (AvgIpc) is 3.26. The van der Waals surface area contributed by atoms with Crippen LogP contribution in [0.3, 0.4) is 0 Å². The zero-order valence-electron chi connectivity index (χ0n) is 16.3. The summed E-state index contributed by atoms with van der Waals surface area (Å²) in [5.74, 6) is -0.581. The molecule has 0 aromatic heterocycles. The van der Waals surface area contributed by atoms with Gasteiger partial charge in [-0.1, -0.05) is 35.9 Å². The van der Waals surface area contributed by atoms with Crippen LogP contribution in [0.15, 0.2) is 71.3 Å². The van der Waals surface area contributed by atoms with Crippen molar-refractivity contribution in [3.05, 3.63) is 87.4 Å². The second kappa shape index (κ2) is 5.77. The lowest BCUT2D eigenvalue weighted by molar-refractivity contribution is -0.117. The Morgan fingerprint density at radius 1 is 1.10 bits per heavy atom. The number of nitriles is 1. The van der Waals surface area contributed by atoms with E-state index >= 15 is 0 Å². The fraction of sp³-hybridized carbons (Fsp3) is 0.208. The number of anilines is 1. The lowest BCUT2D eigenvalue weighted by Crippen LogP contribution is -2.52. The van der Waals surface area contributed by atoms with E-state index in [1.807, 2.05) is 29.2 Å². The Kier molecular flexibility index (Phi) is 3.40. The van der Waals surface area contributed by atoms with Gasteiger partial charge < -0.3 is 15.4 Å². The van der Waals surface area contributed by atoms with E-state index in [1.54, 1.807) is 24.3 Å². The van der Waals surface area contributed by atoms with E-state index in [2.05, 4.69) is 6.07 Å². The van der Waals surface area contributed by atoms with E-state index in [4.69, 9.17) is 22.1 Å². The Bertz CT molecular complexity index is 1320. The van der Waals surface area contributed by atoms with E-state index in [0.717, 1.165) is 0 Å². The summed E-state index contributed by atoms with van der Waals surface area (Å²) in [6.07, 6.45) is 1.56. The Morgan fingerprint density at radius 3 is 2.58 bits per heavy atom. The first kappa shape index (κ1) is 18.2. The number of Topliss-reactive ketones (excluding diaryl/α,β-unsaturated/α-hetero) is 2. The molecule has 2 aromatic carbocycles. The summed E-state index contributed by atoms with van der Waals surface area (Å²) in [7, 11) is 0. The topological polar surface area (TPSA) is 96.4 Å². The predicted octanol–water partition coefficient (Wildman–Crippen LogP) is 3.93. The standard InChI is InChI=1S/C24H16ClN3O3/c25-13-8-10-14(11-9-13)28-18-6-3-7-19(29)20(18)23-17(12-26)22(27)31-24(23,28)16-5-2-1-4-15(16)21(23)30/h1-2,4-5,8-11H,3,6-7,27H2/t23-,24-/m0/s1. The molecule has 0 fully saturated rings. The van der Waals surface area contributed by atoms with Crippen molar-refractivity contribution in [3.63, 3.8) is 0 Å². The van der Waals surface area contributed by atoms with E-state index in [1.165, 1.54) is 0 Å². The Morgan fingerprint density at radius 2 is 1.84 bits per heavy atom. The van der Waals surface area contributed by atoms with Gasteiger partial charge >= 0.3 is 0 Å². The maximum absolute atomic E-state index is 14.1. The first-order chi connectivity index (χ1) is 15.0. The zero-order chi connectivity index (χ0) is 21.5. The molecule has 0 unspecified atom stereocenters. The highest BCUT2D eigenvalue weighted by Crippen LogP contribution is 2.72. The number of nitrogens with two attached hydrogens (primary N) is 1. The number of rotatable bonds is 1. The zero-order valence-corrected chi connectivity index (χ0v) is 17.1. The fourth-order valence-electron chi connectivity index (χ4n) is 5.82. The molecule has 2 aliphatic heterocycles. The predicted molar refractivity (Wildman–Crippen MR) is 113 cm³/mol. The lowest BCUT2D eigenvalue weighted by Gasteiger charge is -2.41. The van der Waals surface area contributed by atoms with Crippen LogP contribution in [0, 0.1) is 16.7 Å². The van der Waals surface area contributed by atoms with E-state index in [-0.39, 0.29) is 23.0 Å². The number of ether oxygens (including phenoxy) is 1. The summed E-state index contributed by atoms with van der Waals surface area (Å²) in [5.41, 5.74) is 5.96. The number of fused-ring (bicyclic) bond motifs is 1. The van der Waals surface area contributed by atoms with Crippen molar-refractivity contribution in [1.82, 2.24) is 0 Å². The molecule has 0 spiro atoms. The summed E-state index contributed by atoms with van der Waals surface area (Å²) in [6.45, 7) is 0. The third-order valence-electron chi connectivity index (χ3n) is 6.81. The molecule has 31 heavy (non-hydrogen) atoms. The average molecular weight is 430 g/mol. The highest BCUT2D eigenvalue weighted by Gasteiger charge is 2.81. The molecular formula is C24H16ClN3O3. The molecule has 2 N–H and O–H groups in total. The van der Waals surface area contributed by atoms with Gasteiger partial charge in [-0.2, -0.15) is 5.26 Å². The van der Waals surface area contributed by atoms with Crippen molar-refractivity contribution in [3.8, 4) is 6.07 Å². The van der Waals surface area contributed by atoms with Crippen LogP contribution in [0.5, 0.6) is 0 Å². The van der Waals surface area contributed by atoms with Crippen LogP contribution >= 0.6 is 11.6 Å². The molecule has 2 atom stereocenters. The lowest BCUT2D eigenvalue weighted by atomic mass is 9.66. The third-order valence-corrected chi connectivity index (χ3v) is 7.06. The fourth-order valence-corrected chi connectivity index (χ4v) is 5.95.